The van der Waals surface area contributed by atoms with Crippen molar-refractivity contribution in [3.8, 4) is 0 Å². The first-order valence-corrected chi connectivity index (χ1v) is 3.98. The van der Waals surface area contributed by atoms with Gasteiger partial charge in [0.15, 0.2) is 0 Å². The molecule has 1 heterocycles. The molecule has 0 amide bonds. The Bertz CT molecular complexity index is 346. The SMILES string of the molecule is COCCn1nc(C)cc(N)c1=O. The normalized spacial score (nSPS) is 10.3. The molecule has 1 rings (SSSR count). The zero-order valence-electron chi connectivity index (χ0n) is 7.78. The lowest BCUT2D eigenvalue weighted by atomic mass is 10.4. The number of nitrogens with zero attached hydrogens (tertiary/aromatic N) is 2. The van der Waals surface area contributed by atoms with Gasteiger partial charge in [-0.2, -0.15) is 5.10 Å². The Morgan fingerprint density at radius 1 is 1.69 bits per heavy atom. The van der Waals surface area contributed by atoms with Gasteiger partial charge in [-0.15, -0.1) is 0 Å². The molecule has 0 aliphatic rings. The van der Waals surface area contributed by atoms with Crippen LogP contribution in [0.4, 0.5) is 5.69 Å². The fourth-order valence-corrected chi connectivity index (χ4v) is 1.03. The van der Waals surface area contributed by atoms with E-state index in [4.69, 9.17) is 10.5 Å². The molecule has 0 spiro atoms. The Kier molecular flexibility index (Phi) is 3.02. The van der Waals surface area contributed by atoms with Crippen LogP contribution in [0.2, 0.25) is 0 Å². The van der Waals surface area contributed by atoms with Crippen molar-refractivity contribution in [3.63, 3.8) is 0 Å². The van der Waals surface area contributed by atoms with E-state index in [2.05, 4.69) is 5.10 Å². The highest BCUT2D eigenvalue weighted by molar-refractivity contribution is 5.34. The molecule has 5 nitrogen and oxygen atoms in total. The van der Waals surface area contributed by atoms with Crippen LogP contribution in [0.25, 0.3) is 0 Å². The van der Waals surface area contributed by atoms with E-state index >= 15 is 0 Å². The van der Waals surface area contributed by atoms with Crippen molar-refractivity contribution in [1.82, 2.24) is 9.78 Å². The highest BCUT2D eigenvalue weighted by Crippen LogP contribution is 1.95. The number of hydrogen-bond donors (Lipinski definition) is 1. The van der Waals surface area contributed by atoms with E-state index in [0.717, 1.165) is 5.69 Å². The van der Waals surface area contributed by atoms with E-state index in [1.54, 1.807) is 20.1 Å². The van der Waals surface area contributed by atoms with Crippen LogP contribution in [0.3, 0.4) is 0 Å². The number of anilines is 1. The summed E-state index contributed by atoms with van der Waals surface area (Å²) >= 11 is 0. The maximum absolute atomic E-state index is 11.3. The van der Waals surface area contributed by atoms with Crippen LogP contribution in [0, 0.1) is 6.92 Å². The van der Waals surface area contributed by atoms with Crippen molar-refractivity contribution < 1.29 is 4.74 Å². The van der Waals surface area contributed by atoms with Gasteiger partial charge >= 0.3 is 0 Å². The number of nitrogens with two attached hydrogens (primary N) is 1. The van der Waals surface area contributed by atoms with E-state index < -0.39 is 0 Å². The number of hydrogen-bond acceptors (Lipinski definition) is 4. The van der Waals surface area contributed by atoms with Crippen LogP contribution >= 0.6 is 0 Å². The van der Waals surface area contributed by atoms with Gasteiger partial charge in [-0.25, -0.2) is 4.68 Å². The fraction of sp³-hybridized carbons (Fsp3) is 0.500. The minimum absolute atomic E-state index is 0.226. The zero-order chi connectivity index (χ0) is 9.84. The minimum Gasteiger partial charge on any atom is -0.394 e. The topological polar surface area (TPSA) is 70.1 Å². The van der Waals surface area contributed by atoms with Gasteiger partial charge in [0.2, 0.25) is 0 Å². The van der Waals surface area contributed by atoms with Crippen molar-refractivity contribution >= 4 is 5.69 Å². The van der Waals surface area contributed by atoms with Gasteiger partial charge in [-0.1, -0.05) is 0 Å². The van der Waals surface area contributed by atoms with Crippen LogP contribution in [0.15, 0.2) is 10.9 Å². The number of aromatic nitrogens is 2. The van der Waals surface area contributed by atoms with Crippen molar-refractivity contribution in [3.05, 3.63) is 22.1 Å². The Labute approximate surface area is 76.1 Å². The molecule has 0 bridgehead atoms. The second-order valence-corrected chi connectivity index (χ2v) is 2.76. The lowest BCUT2D eigenvalue weighted by Gasteiger charge is -2.05. The van der Waals surface area contributed by atoms with Gasteiger partial charge in [0, 0.05) is 7.11 Å². The summed E-state index contributed by atoms with van der Waals surface area (Å²) in [5, 5.41) is 4.02. The molecule has 0 aliphatic heterocycles. The van der Waals surface area contributed by atoms with Gasteiger partial charge in [0.05, 0.1) is 18.8 Å². The molecule has 0 saturated heterocycles. The molecular formula is C8H13N3O2. The molecule has 0 aromatic carbocycles. The third-order valence-corrected chi connectivity index (χ3v) is 1.63. The Balaban J connectivity index is 2.99. The Morgan fingerprint density at radius 3 is 3.00 bits per heavy atom. The van der Waals surface area contributed by atoms with E-state index in [-0.39, 0.29) is 11.2 Å². The number of methoxy groups -OCH3 is 1. The van der Waals surface area contributed by atoms with Gasteiger partial charge in [-0.3, -0.25) is 4.79 Å². The highest BCUT2D eigenvalue weighted by atomic mass is 16.5. The monoisotopic (exact) mass is 183 g/mol. The summed E-state index contributed by atoms with van der Waals surface area (Å²) in [5.41, 5.74) is 6.17. The second-order valence-electron chi connectivity index (χ2n) is 2.76. The molecule has 0 aliphatic carbocycles. The Morgan fingerprint density at radius 2 is 2.38 bits per heavy atom. The summed E-state index contributed by atoms with van der Waals surface area (Å²) in [5.74, 6) is 0. The van der Waals surface area contributed by atoms with Crippen molar-refractivity contribution in [2.45, 2.75) is 13.5 Å². The molecule has 72 valence electrons. The largest absolute Gasteiger partial charge is 0.394 e. The third kappa shape index (κ3) is 2.29. The van der Waals surface area contributed by atoms with Gasteiger partial charge in [0.1, 0.15) is 5.69 Å². The molecule has 0 atom stereocenters. The molecule has 0 saturated carbocycles. The minimum atomic E-state index is -0.261. The quantitative estimate of drug-likeness (QED) is 0.703. The maximum atomic E-state index is 11.3. The molecule has 0 unspecified atom stereocenters. The van der Waals surface area contributed by atoms with Crippen LogP contribution < -0.4 is 11.3 Å². The first kappa shape index (κ1) is 9.73. The number of ether oxygens (including phenoxy) is 1. The van der Waals surface area contributed by atoms with Gasteiger partial charge in [-0.05, 0) is 13.0 Å². The number of aryl methyl sites for hydroxylation is 1. The fourth-order valence-electron chi connectivity index (χ4n) is 1.03. The predicted molar refractivity (Wildman–Crippen MR) is 49.5 cm³/mol. The smallest absolute Gasteiger partial charge is 0.289 e. The first-order chi connectivity index (χ1) is 6.15. The lowest BCUT2D eigenvalue weighted by molar-refractivity contribution is 0.181. The number of nitrogen functional groups attached to an aromatic ring is 1. The van der Waals surface area contributed by atoms with Gasteiger partial charge in [0.25, 0.3) is 5.56 Å². The molecule has 13 heavy (non-hydrogen) atoms. The first-order valence-electron chi connectivity index (χ1n) is 3.98. The van der Waals surface area contributed by atoms with E-state index in [1.165, 1.54) is 4.68 Å². The predicted octanol–water partition coefficient (Wildman–Crippen LogP) is -0.220. The van der Waals surface area contributed by atoms with Crippen LogP contribution in [-0.4, -0.2) is 23.5 Å². The molecule has 0 fully saturated rings. The van der Waals surface area contributed by atoms with Crippen molar-refractivity contribution in [2.75, 3.05) is 19.5 Å². The molecular weight excluding hydrogens is 170 g/mol. The highest BCUT2D eigenvalue weighted by Gasteiger charge is 2.02. The summed E-state index contributed by atoms with van der Waals surface area (Å²) < 4.78 is 6.15. The molecule has 5 heteroatoms. The number of rotatable bonds is 3. The van der Waals surface area contributed by atoms with Gasteiger partial charge < -0.3 is 10.5 Å². The van der Waals surface area contributed by atoms with E-state index in [9.17, 15) is 4.79 Å². The molecule has 1 aromatic heterocycles. The summed E-state index contributed by atoms with van der Waals surface area (Å²) in [7, 11) is 1.57. The Hall–Kier alpha value is -1.36. The second kappa shape index (κ2) is 4.04. The molecule has 2 N–H and O–H groups in total. The van der Waals surface area contributed by atoms with Crippen LogP contribution in [0.5, 0.6) is 0 Å². The van der Waals surface area contributed by atoms with Crippen molar-refractivity contribution in [1.29, 1.82) is 0 Å². The third-order valence-electron chi connectivity index (χ3n) is 1.63. The summed E-state index contributed by atoms with van der Waals surface area (Å²) in [4.78, 5) is 11.3. The van der Waals surface area contributed by atoms with Crippen LogP contribution in [-0.2, 0) is 11.3 Å². The van der Waals surface area contributed by atoms with Crippen molar-refractivity contribution in [2.24, 2.45) is 0 Å². The zero-order valence-corrected chi connectivity index (χ0v) is 7.78. The van der Waals surface area contributed by atoms with Crippen LogP contribution in [0.1, 0.15) is 5.69 Å². The maximum Gasteiger partial charge on any atom is 0.289 e. The van der Waals surface area contributed by atoms with E-state index in [1.807, 2.05) is 0 Å². The molecule has 0 radical (unpaired) electrons. The lowest BCUT2D eigenvalue weighted by Crippen LogP contribution is -2.27. The summed E-state index contributed by atoms with van der Waals surface area (Å²) in [6, 6.07) is 1.56. The average Bonchev–Trinajstić information content (AvgIpc) is 2.09. The van der Waals surface area contributed by atoms with E-state index in [0.29, 0.717) is 13.2 Å². The summed E-state index contributed by atoms with van der Waals surface area (Å²) in [6.45, 7) is 2.68. The standard InChI is InChI=1S/C8H13N3O2/c1-6-5-7(9)8(12)11(10-6)3-4-13-2/h5H,3-4,9H2,1-2H3. The summed E-state index contributed by atoms with van der Waals surface area (Å²) in [6.07, 6.45) is 0. The molecule has 1 aromatic rings. The average molecular weight is 183 g/mol.